The van der Waals surface area contributed by atoms with E-state index >= 15 is 0 Å². The number of anilines is 3. The summed E-state index contributed by atoms with van der Waals surface area (Å²) in [5.74, 6) is 0.901. The first-order valence-corrected chi connectivity index (χ1v) is 9.57. The molecule has 4 aromatic rings. The Kier molecular flexibility index (Phi) is 4.10. The third kappa shape index (κ3) is 2.84. The van der Waals surface area contributed by atoms with Crippen molar-refractivity contribution in [2.24, 2.45) is 0 Å². The van der Waals surface area contributed by atoms with Crippen molar-refractivity contribution in [2.45, 2.75) is 13.5 Å². The highest BCUT2D eigenvalue weighted by molar-refractivity contribution is 5.91. The maximum atomic E-state index is 6.15. The lowest BCUT2D eigenvalue weighted by atomic mass is 9.99. The molecule has 0 fully saturated rings. The second-order valence-electron chi connectivity index (χ2n) is 7.11. The van der Waals surface area contributed by atoms with Gasteiger partial charge in [-0.05, 0) is 42.8 Å². The van der Waals surface area contributed by atoms with Crippen molar-refractivity contribution in [1.82, 2.24) is 0 Å². The van der Waals surface area contributed by atoms with Crippen LogP contribution in [0.2, 0.25) is 0 Å². The molecule has 2 nitrogen and oxygen atoms in total. The van der Waals surface area contributed by atoms with E-state index in [0.29, 0.717) is 6.61 Å². The lowest BCUT2D eigenvalue weighted by Gasteiger charge is -2.28. The fourth-order valence-electron chi connectivity index (χ4n) is 3.85. The van der Waals surface area contributed by atoms with Crippen molar-refractivity contribution < 1.29 is 4.74 Å². The normalized spacial score (nSPS) is 12.5. The van der Waals surface area contributed by atoms with Crippen LogP contribution in [0.1, 0.15) is 11.1 Å². The van der Waals surface area contributed by atoms with Gasteiger partial charge in [-0.1, -0.05) is 72.3 Å². The number of benzene rings is 4. The molecule has 0 aromatic heterocycles. The molecule has 0 radical (unpaired) electrons. The molecule has 0 spiro atoms. The van der Waals surface area contributed by atoms with Gasteiger partial charge < -0.3 is 9.64 Å². The molecule has 0 saturated carbocycles. The minimum Gasteiger partial charge on any atom is -0.487 e. The maximum Gasteiger partial charge on any atom is 0.143 e. The topological polar surface area (TPSA) is 12.5 Å². The van der Waals surface area contributed by atoms with Gasteiger partial charge in [0, 0.05) is 11.1 Å². The Hall–Kier alpha value is -3.52. The monoisotopic (exact) mass is 363 g/mol. The van der Waals surface area contributed by atoms with Crippen molar-refractivity contribution >= 4 is 17.1 Å². The first-order valence-electron chi connectivity index (χ1n) is 9.57. The number of hydrogen-bond acceptors (Lipinski definition) is 2. The predicted molar refractivity (Wildman–Crippen MR) is 116 cm³/mol. The highest BCUT2D eigenvalue weighted by Gasteiger charge is 2.24. The van der Waals surface area contributed by atoms with Crippen LogP contribution in [0.15, 0.2) is 97.1 Å². The van der Waals surface area contributed by atoms with E-state index in [1.807, 2.05) is 12.1 Å². The Labute approximate surface area is 165 Å². The molecule has 136 valence electrons. The number of para-hydroxylation sites is 3. The molecule has 5 rings (SSSR count). The molecule has 0 unspecified atom stereocenters. The Morgan fingerprint density at radius 1 is 0.679 bits per heavy atom. The second-order valence-corrected chi connectivity index (χ2v) is 7.11. The predicted octanol–water partition coefficient (Wildman–Crippen LogP) is 7.02. The molecule has 0 saturated heterocycles. The van der Waals surface area contributed by atoms with E-state index in [2.05, 4.69) is 96.8 Å². The van der Waals surface area contributed by atoms with Crippen LogP contribution in [-0.2, 0) is 6.61 Å². The minimum absolute atomic E-state index is 0.566. The van der Waals surface area contributed by atoms with Crippen molar-refractivity contribution in [1.29, 1.82) is 0 Å². The molecule has 4 aromatic carbocycles. The van der Waals surface area contributed by atoms with Crippen LogP contribution in [0.5, 0.6) is 5.75 Å². The van der Waals surface area contributed by atoms with E-state index in [-0.39, 0.29) is 0 Å². The quantitative estimate of drug-likeness (QED) is 0.379. The van der Waals surface area contributed by atoms with Gasteiger partial charge in [0.15, 0.2) is 0 Å². The van der Waals surface area contributed by atoms with Crippen LogP contribution in [-0.4, -0.2) is 0 Å². The molecule has 2 heteroatoms. The van der Waals surface area contributed by atoms with Crippen molar-refractivity contribution in [3.8, 4) is 16.9 Å². The minimum atomic E-state index is 0.566. The number of fused-ring (bicyclic) bond motifs is 2. The number of nitrogens with zero attached hydrogens (tertiary/aromatic N) is 1. The van der Waals surface area contributed by atoms with Crippen LogP contribution in [0.3, 0.4) is 0 Å². The Morgan fingerprint density at radius 3 is 2.25 bits per heavy atom. The standard InChI is InChI=1S/C26H21NO/c1-19-15-16-24(22(17-19)20-9-3-2-4-10-20)27-23-12-6-5-11-21(23)18-28-26-14-8-7-13-25(26)27/h2-17H,18H2,1H3. The summed E-state index contributed by atoms with van der Waals surface area (Å²) in [5.41, 5.74) is 8.23. The highest BCUT2D eigenvalue weighted by Crippen LogP contribution is 2.47. The van der Waals surface area contributed by atoms with Crippen LogP contribution in [0.4, 0.5) is 17.1 Å². The summed E-state index contributed by atoms with van der Waals surface area (Å²) in [6.07, 6.45) is 0. The first kappa shape index (κ1) is 16.6. The first-order chi connectivity index (χ1) is 13.8. The number of aryl methyl sites for hydroxylation is 1. The van der Waals surface area contributed by atoms with Gasteiger partial charge in [0.05, 0.1) is 17.1 Å². The smallest absolute Gasteiger partial charge is 0.143 e. The van der Waals surface area contributed by atoms with Gasteiger partial charge >= 0.3 is 0 Å². The molecule has 1 aliphatic rings. The third-order valence-electron chi connectivity index (χ3n) is 5.20. The van der Waals surface area contributed by atoms with E-state index in [1.54, 1.807) is 0 Å². The van der Waals surface area contributed by atoms with Gasteiger partial charge in [0.2, 0.25) is 0 Å². The van der Waals surface area contributed by atoms with Gasteiger partial charge in [-0.15, -0.1) is 0 Å². The molecule has 0 aliphatic carbocycles. The van der Waals surface area contributed by atoms with Crippen LogP contribution in [0.25, 0.3) is 11.1 Å². The summed E-state index contributed by atoms with van der Waals surface area (Å²) >= 11 is 0. The Morgan fingerprint density at radius 2 is 1.39 bits per heavy atom. The van der Waals surface area contributed by atoms with Crippen LogP contribution < -0.4 is 9.64 Å². The van der Waals surface area contributed by atoms with Gasteiger partial charge in [-0.2, -0.15) is 0 Å². The molecular weight excluding hydrogens is 342 g/mol. The number of hydrogen-bond donors (Lipinski definition) is 0. The molecule has 0 atom stereocenters. The zero-order valence-electron chi connectivity index (χ0n) is 15.8. The van der Waals surface area contributed by atoms with E-state index < -0.39 is 0 Å². The largest absolute Gasteiger partial charge is 0.487 e. The summed E-state index contributed by atoms with van der Waals surface area (Å²) in [6, 6.07) is 34.0. The van der Waals surface area contributed by atoms with E-state index in [0.717, 1.165) is 22.8 Å². The summed E-state index contributed by atoms with van der Waals surface area (Å²) in [7, 11) is 0. The maximum absolute atomic E-state index is 6.15. The molecule has 1 aliphatic heterocycles. The fraction of sp³-hybridized carbons (Fsp3) is 0.0769. The molecule has 28 heavy (non-hydrogen) atoms. The van der Waals surface area contributed by atoms with Gasteiger partial charge in [-0.3, -0.25) is 0 Å². The summed E-state index contributed by atoms with van der Waals surface area (Å²) in [5, 5.41) is 0. The molecule has 0 amide bonds. The van der Waals surface area contributed by atoms with Gasteiger partial charge in [0.25, 0.3) is 0 Å². The average Bonchev–Trinajstić information content (AvgIpc) is 2.91. The Balaban J connectivity index is 1.81. The summed E-state index contributed by atoms with van der Waals surface area (Å²) < 4.78 is 6.15. The van der Waals surface area contributed by atoms with Crippen LogP contribution in [0, 0.1) is 6.92 Å². The number of ether oxygens (including phenoxy) is 1. The van der Waals surface area contributed by atoms with E-state index in [4.69, 9.17) is 4.74 Å². The zero-order valence-corrected chi connectivity index (χ0v) is 15.8. The van der Waals surface area contributed by atoms with Crippen molar-refractivity contribution in [3.05, 3.63) is 108 Å². The van der Waals surface area contributed by atoms with Gasteiger partial charge in [0.1, 0.15) is 12.4 Å². The zero-order chi connectivity index (χ0) is 18.9. The summed E-state index contributed by atoms with van der Waals surface area (Å²) in [6.45, 7) is 2.71. The highest BCUT2D eigenvalue weighted by atomic mass is 16.5. The SMILES string of the molecule is Cc1ccc(N2c3ccccc3COc3ccccc32)c(-c2ccccc2)c1. The van der Waals surface area contributed by atoms with E-state index in [1.165, 1.54) is 22.3 Å². The lowest BCUT2D eigenvalue weighted by molar-refractivity contribution is 0.310. The molecule has 0 bridgehead atoms. The number of rotatable bonds is 2. The third-order valence-corrected chi connectivity index (χ3v) is 5.20. The average molecular weight is 363 g/mol. The molecular formula is C26H21NO. The molecule has 1 heterocycles. The summed E-state index contributed by atoms with van der Waals surface area (Å²) in [4.78, 5) is 2.33. The lowest BCUT2D eigenvalue weighted by Crippen LogP contribution is -2.12. The fourth-order valence-corrected chi connectivity index (χ4v) is 3.85. The second kappa shape index (κ2) is 6.90. The van der Waals surface area contributed by atoms with Crippen molar-refractivity contribution in [3.63, 3.8) is 0 Å². The van der Waals surface area contributed by atoms with E-state index in [9.17, 15) is 0 Å². The van der Waals surface area contributed by atoms with Crippen LogP contribution >= 0.6 is 0 Å². The Bertz CT molecular complexity index is 1090. The van der Waals surface area contributed by atoms with Crippen molar-refractivity contribution in [2.75, 3.05) is 4.90 Å². The molecule has 0 N–H and O–H groups in total. The van der Waals surface area contributed by atoms with Gasteiger partial charge in [-0.25, -0.2) is 0 Å².